The van der Waals surface area contributed by atoms with E-state index in [0.29, 0.717) is 5.75 Å². The lowest BCUT2D eigenvalue weighted by Crippen LogP contribution is -2.43. The van der Waals surface area contributed by atoms with Gasteiger partial charge in [-0.15, -0.1) is 0 Å². The molecule has 29 heavy (non-hydrogen) atoms. The fourth-order valence-corrected chi connectivity index (χ4v) is 2.97. The lowest BCUT2D eigenvalue weighted by atomic mass is 10.0. The number of hydrazine groups is 1. The zero-order chi connectivity index (χ0) is 21.7. The summed E-state index contributed by atoms with van der Waals surface area (Å²) in [5, 5.41) is 10.8. The zero-order valence-electron chi connectivity index (χ0n) is 15.9. The van der Waals surface area contributed by atoms with Crippen LogP contribution in [0.3, 0.4) is 0 Å². The van der Waals surface area contributed by atoms with Crippen molar-refractivity contribution >= 4 is 45.0 Å². The highest BCUT2D eigenvalue weighted by Crippen LogP contribution is 2.32. The third-order valence-electron chi connectivity index (χ3n) is 3.99. The summed E-state index contributed by atoms with van der Waals surface area (Å²) >= 11 is 9.19. The van der Waals surface area contributed by atoms with Crippen LogP contribution in [0.1, 0.15) is 41.3 Å². The standard InChI is InChI=1S/C19H19BrClN3O5/c1-10(2)13-8-14(20)11(3)6-17(13)29-9-18(25)22-23-19(26)12-4-5-15(21)16(7-12)24(27)28/h4-8,10H,9H2,1-3H3,(H,22,25)(H,23,26). The van der Waals surface area contributed by atoms with E-state index < -0.39 is 22.4 Å². The smallest absolute Gasteiger partial charge is 0.288 e. The van der Waals surface area contributed by atoms with Crippen molar-refractivity contribution in [2.24, 2.45) is 0 Å². The number of nitro groups is 1. The molecule has 2 aromatic rings. The fourth-order valence-electron chi connectivity index (χ4n) is 2.42. The van der Waals surface area contributed by atoms with E-state index in [-0.39, 0.29) is 23.1 Å². The van der Waals surface area contributed by atoms with Gasteiger partial charge < -0.3 is 4.74 Å². The van der Waals surface area contributed by atoms with Gasteiger partial charge in [0.15, 0.2) is 6.61 Å². The van der Waals surface area contributed by atoms with Crippen molar-refractivity contribution in [3.8, 4) is 5.75 Å². The minimum Gasteiger partial charge on any atom is -0.483 e. The van der Waals surface area contributed by atoms with Gasteiger partial charge in [-0.1, -0.05) is 41.4 Å². The van der Waals surface area contributed by atoms with E-state index in [4.69, 9.17) is 16.3 Å². The molecule has 0 saturated carbocycles. The third kappa shape index (κ3) is 5.91. The van der Waals surface area contributed by atoms with Crippen molar-refractivity contribution < 1.29 is 19.2 Å². The van der Waals surface area contributed by atoms with Gasteiger partial charge in [0, 0.05) is 16.1 Å². The van der Waals surface area contributed by atoms with Gasteiger partial charge in [0.25, 0.3) is 17.5 Å². The molecule has 0 fully saturated rings. The van der Waals surface area contributed by atoms with E-state index in [1.807, 2.05) is 32.9 Å². The number of carbonyl (C=O) groups excluding carboxylic acids is 2. The molecule has 154 valence electrons. The normalized spacial score (nSPS) is 10.6. The number of nitrogens with zero attached hydrogens (tertiary/aromatic N) is 1. The van der Waals surface area contributed by atoms with Gasteiger partial charge in [0.1, 0.15) is 10.8 Å². The van der Waals surface area contributed by atoms with Gasteiger partial charge in [-0.3, -0.25) is 30.6 Å². The Morgan fingerprint density at radius 2 is 1.93 bits per heavy atom. The highest BCUT2D eigenvalue weighted by molar-refractivity contribution is 9.10. The van der Waals surface area contributed by atoms with Crippen LogP contribution in [0.5, 0.6) is 5.75 Å². The molecule has 0 bridgehead atoms. The molecule has 0 aliphatic rings. The van der Waals surface area contributed by atoms with Crippen LogP contribution < -0.4 is 15.6 Å². The predicted octanol–water partition coefficient (Wildman–Crippen LogP) is 4.28. The average Bonchev–Trinajstić information content (AvgIpc) is 2.66. The maximum absolute atomic E-state index is 12.1. The van der Waals surface area contributed by atoms with Crippen LogP contribution in [0, 0.1) is 17.0 Å². The molecule has 0 unspecified atom stereocenters. The van der Waals surface area contributed by atoms with Crippen molar-refractivity contribution in [3.05, 3.63) is 66.6 Å². The van der Waals surface area contributed by atoms with Gasteiger partial charge in [0.2, 0.25) is 0 Å². The molecular formula is C19H19BrClN3O5. The summed E-state index contributed by atoms with van der Waals surface area (Å²) in [6.45, 7) is 5.61. The Balaban J connectivity index is 1.97. The van der Waals surface area contributed by atoms with E-state index in [2.05, 4.69) is 26.8 Å². The fraction of sp³-hybridized carbons (Fsp3) is 0.263. The Morgan fingerprint density at radius 3 is 2.55 bits per heavy atom. The Bertz CT molecular complexity index is 965. The molecule has 0 aliphatic carbocycles. The Kier molecular flexibility index (Phi) is 7.58. The highest BCUT2D eigenvalue weighted by atomic mass is 79.9. The van der Waals surface area contributed by atoms with Crippen molar-refractivity contribution in [2.75, 3.05) is 6.61 Å². The Morgan fingerprint density at radius 1 is 1.24 bits per heavy atom. The first-order valence-electron chi connectivity index (χ1n) is 8.56. The van der Waals surface area contributed by atoms with Gasteiger partial charge in [-0.25, -0.2) is 0 Å². The second-order valence-corrected chi connectivity index (χ2v) is 7.77. The lowest BCUT2D eigenvalue weighted by Gasteiger charge is -2.16. The number of carbonyl (C=O) groups is 2. The van der Waals surface area contributed by atoms with Crippen molar-refractivity contribution in [3.63, 3.8) is 0 Å². The number of nitrogens with one attached hydrogen (secondary N) is 2. The number of rotatable bonds is 6. The summed E-state index contributed by atoms with van der Waals surface area (Å²) in [6, 6.07) is 7.36. The number of benzene rings is 2. The molecule has 0 radical (unpaired) electrons. The zero-order valence-corrected chi connectivity index (χ0v) is 18.3. The molecule has 0 aliphatic heterocycles. The molecule has 10 heteroatoms. The van der Waals surface area contributed by atoms with Crippen LogP contribution in [-0.2, 0) is 4.79 Å². The third-order valence-corrected chi connectivity index (χ3v) is 5.17. The van der Waals surface area contributed by atoms with E-state index in [1.54, 1.807) is 0 Å². The molecule has 2 N–H and O–H groups in total. The summed E-state index contributed by atoms with van der Waals surface area (Å²) in [6.07, 6.45) is 0. The number of amides is 2. The predicted molar refractivity (Wildman–Crippen MR) is 112 cm³/mol. The number of nitro benzene ring substituents is 1. The Hall–Kier alpha value is -2.65. The molecule has 0 saturated heterocycles. The molecule has 0 heterocycles. The second kappa shape index (κ2) is 9.71. The first kappa shape index (κ1) is 22.6. The first-order valence-corrected chi connectivity index (χ1v) is 9.73. The molecular weight excluding hydrogens is 466 g/mol. The topological polar surface area (TPSA) is 111 Å². The SMILES string of the molecule is Cc1cc(OCC(=O)NNC(=O)c2ccc(Cl)c([N+](=O)[O-])c2)c(C(C)C)cc1Br. The van der Waals surface area contributed by atoms with E-state index in [1.165, 1.54) is 12.1 Å². The van der Waals surface area contributed by atoms with Crippen LogP contribution in [0.15, 0.2) is 34.8 Å². The summed E-state index contributed by atoms with van der Waals surface area (Å²) in [5.74, 6) is -0.543. The quantitative estimate of drug-likeness (QED) is 0.469. The summed E-state index contributed by atoms with van der Waals surface area (Å²) in [7, 11) is 0. The monoisotopic (exact) mass is 483 g/mol. The van der Waals surface area contributed by atoms with Gasteiger partial charge in [-0.05, 0) is 48.2 Å². The summed E-state index contributed by atoms with van der Waals surface area (Å²) < 4.78 is 6.56. The number of halogens is 2. The van der Waals surface area contributed by atoms with E-state index in [9.17, 15) is 19.7 Å². The highest BCUT2D eigenvalue weighted by Gasteiger charge is 2.17. The lowest BCUT2D eigenvalue weighted by molar-refractivity contribution is -0.384. The van der Waals surface area contributed by atoms with Crippen LogP contribution >= 0.6 is 27.5 Å². The second-order valence-electron chi connectivity index (χ2n) is 6.51. The van der Waals surface area contributed by atoms with Gasteiger partial charge >= 0.3 is 0 Å². The maximum atomic E-state index is 12.1. The number of aryl methyl sites for hydroxylation is 1. The number of hydrogen-bond donors (Lipinski definition) is 2. The largest absolute Gasteiger partial charge is 0.483 e. The van der Waals surface area contributed by atoms with E-state index >= 15 is 0 Å². The molecule has 2 aromatic carbocycles. The summed E-state index contributed by atoms with van der Waals surface area (Å²) in [5.41, 5.74) is 5.88. The molecule has 2 amide bonds. The minimum atomic E-state index is -0.722. The van der Waals surface area contributed by atoms with Gasteiger partial charge in [0.05, 0.1) is 4.92 Å². The van der Waals surface area contributed by atoms with E-state index in [0.717, 1.165) is 21.7 Å². The van der Waals surface area contributed by atoms with Crippen LogP contribution in [-0.4, -0.2) is 23.3 Å². The first-order chi connectivity index (χ1) is 13.6. The van der Waals surface area contributed by atoms with Crippen LogP contribution in [0.4, 0.5) is 5.69 Å². The number of ether oxygens (including phenoxy) is 1. The van der Waals surface area contributed by atoms with Crippen molar-refractivity contribution in [1.29, 1.82) is 0 Å². The van der Waals surface area contributed by atoms with Crippen molar-refractivity contribution in [1.82, 2.24) is 10.9 Å². The molecule has 0 atom stereocenters. The molecule has 2 rings (SSSR count). The van der Waals surface area contributed by atoms with Crippen LogP contribution in [0.2, 0.25) is 5.02 Å². The molecule has 8 nitrogen and oxygen atoms in total. The summed E-state index contributed by atoms with van der Waals surface area (Å²) in [4.78, 5) is 34.3. The Labute approximate surface area is 180 Å². The van der Waals surface area contributed by atoms with Crippen molar-refractivity contribution in [2.45, 2.75) is 26.7 Å². The van der Waals surface area contributed by atoms with Gasteiger partial charge in [-0.2, -0.15) is 0 Å². The molecule has 0 spiro atoms. The minimum absolute atomic E-state index is 0.0204. The van der Waals surface area contributed by atoms with Crippen LogP contribution in [0.25, 0.3) is 0 Å². The number of hydrogen-bond acceptors (Lipinski definition) is 5. The maximum Gasteiger partial charge on any atom is 0.288 e. The average molecular weight is 485 g/mol. The molecule has 0 aromatic heterocycles.